The number of pyridine rings is 1. The van der Waals surface area contributed by atoms with Crippen molar-refractivity contribution in [3.63, 3.8) is 0 Å². The zero-order chi connectivity index (χ0) is 14.3. The van der Waals surface area contributed by atoms with Crippen LogP contribution in [0.25, 0.3) is 10.9 Å². The second kappa shape index (κ2) is 4.47. The number of aliphatic hydroxyl groups is 1. The van der Waals surface area contributed by atoms with Crippen LogP contribution in [0.15, 0.2) is 30.3 Å². The van der Waals surface area contributed by atoms with Gasteiger partial charge in [0, 0.05) is 17.6 Å². The minimum absolute atomic E-state index is 0.277. The topological polar surface area (TPSA) is 59.1 Å². The van der Waals surface area contributed by atoms with E-state index in [-0.39, 0.29) is 5.56 Å². The van der Waals surface area contributed by atoms with E-state index in [9.17, 15) is 18.3 Å². The van der Waals surface area contributed by atoms with E-state index in [0.717, 1.165) is 5.69 Å². The van der Waals surface area contributed by atoms with Gasteiger partial charge in [-0.2, -0.15) is 13.2 Å². The molecule has 2 aromatic rings. The van der Waals surface area contributed by atoms with Gasteiger partial charge in [-0.1, -0.05) is 12.1 Å². The Kier molecular flexibility index (Phi) is 3.24. The molecule has 0 saturated carbocycles. The van der Waals surface area contributed by atoms with Gasteiger partial charge in [0.25, 0.3) is 0 Å². The number of nitrogens with two attached hydrogens (primary N) is 1. The summed E-state index contributed by atoms with van der Waals surface area (Å²) in [7, 11) is 0. The fourth-order valence-corrected chi connectivity index (χ4v) is 1.88. The number of rotatable bonds is 2. The first-order valence-electron chi connectivity index (χ1n) is 5.65. The molecule has 1 unspecified atom stereocenters. The quantitative estimate of drug-likeness (QED) is 0.880. The Balaban J connectivity index is 2.60. The second-order valence-electron chi connectivity index (χ2n) is 4.42. The Bertz CT molecular complexity index is 612. The van der Waals surface area contributed by atoms with Crippen molar-refractivity contribution < 1.29 is 18.3 Å². The van der Waals surface area contributed by atoms with Crippen LogP contribution in [0.5, 0.6) is 0 Å². The lowest BCUT2D eigenvalue weighted by atomic mass is 9.92. The summed E-state index contributed by atoms with van der Waals surface area (Å²) in [6.45, 7) is 0.862. The molecule has 0 aliphatic carbocycles. The maximum absolute atomic E-state index is 12.9. The highest BCUT2D eigenvalue weighted by molar-refractivity contribution is 5.79. The largest absolute Gasteiger partial charge is 0.422 e. The smallest absolute Gasteiger partial charge is 0.375 e. The Hall–Kier alpha value is -1.66. The van der Waals surface area contributed by atoms with Gasteiger partial charge in [-0.05, 0) is 30.7 Å². The third kappa shape index (κ3) is 2.29. The van der Waals surface area contributed by atoms with Crippen LogP contribution in [-0.4, -0.2) is 22.8 Å². The molecule has 0 radical (unpaired) electrons. The molecule has 0 amide bonds. The van der Waals surface area contributed by atoms with Crippen molar-refractivity contribution >= 4 is 10.9 Å². The van der Waals surface area contributed by atoms with E-state index >= 15 is 0 Å². The Morgan fingerprint density at radius 1 is 1.21 bits per heavy atom. The van der Waals surface area contributed by atoms with Gasteiger partial charge in [0.05, 0.1) is 5.52 Å². The molecule has 19 heavy (non-hydrogen) atoms. The molecule has 1 atom stereocenters. The van der Waals surface area contributed by atoms with Gasteiger partial charge in [-0.25, -0.2) is 0 Å². The van der Waals surface area contributed by atoms with Crippen LogP contribution in [0.1, 0.15) is 11.3 Å². The van der Waals surface area contributed by atoms with Gasteiger partial charge in [0.2, 0.25) is 0 Å². The van der Waals surface area contributed by atoms with E-state index in [4.69, 9.17) is 5.73 Å². The predicted octanol–water partition coefficient (Wildman–Crippen LogP) is 2.25. The SMILES string of the molecule is Cc1ccc2cc(C(O)(CN)C(F)(F)F)ccc2n1. The van der Waals surface area contributed by atoms with Crippen LogP contribution in [-0.2, 0) is 5.60 Å². The molecule has 0 saturated heterocycles. The Labute approximate surface area is 107 Å². The number of hydrogen-bond donors (Lipinski definition) is 2. The van der Waals surface area contributed by atoms with Gasteiger partial charge in [0.1, 0.15) is 0 Å². The van der Waals surface area contributed by atoms with E-state index in [1.54, 1.807) is 19.1 Å². The summed E-state index contributed by atoms with van der Waals surface area (Å²) in [5, 5.41) is 10.3. The molecule has 2 rings (SSSR count). The summed E-state index contributed by atoms with van der Waals surface area (Å²) in [5.74, 6) is 0. The number of nitrogens with zero attached hydrogens (tertiary/aromatic N) is 1. The molecule has 6 heteroatoms. The molecule has 0 aliphatic heterocycles. The molecule has 1 aromatic heterocycles. The molecule has 0 fully saturated rings. The van der Waals surface area contributed by atoms with Gasteiger partial charge in [-0.15, -0.1) is 0 Å². The van der Waals surface area contributed by atoms with Crippen LogP contribution in [0.2, 0.25) is 0 Å². The Morgan fingerprint density at radius 3 is 2.47 bits per heavy atom. The van der Waals surface area contributed by atoms with Gasteiger partial charge in [0.15, 0.2) is 5.60 Å². The highest BCUT2D eigenvalue weighted by Crippen LogP contribution is 2.38. The zero-order valence-electron chi connectivity index (χ0n) is 10.2. The maximum atomic E-state index is 12.9. The minimum atomic E-state index is -4.83. The van der Waals surface area contributed by atoms with Gasteiger partial charge < -0.3 is 10.8 Å². The van der Waals surface area contributed by atoms with Gasteiger partial charge >= 0.3 is 6.18 Å². The number of halogens is 3. The average molecular weight is 270 g/mol. The van der Waals surface area contributed by atoms with E-state index in [1.807, 2.05) is 0 Å². The maximum Gasteiger partial charge on any atom is 0.422 e. The van der Waals surface area contributed by atoms with E-state index in [1.165, 1.54) is 18.2 Å². The molecule has 0 spiro atoms. The summed E-state index contributed by atoms with van der Waals surface area (Å²) in [6.07, 6.45) is -4.83. The number of alkyl halides is 3. The fourth-order valence-electron chi connectivity index (χ4n) is 1.88. The monoisotopic (exact) mass is 270 g/mol. The van der Waals surface area contributed by atoms with Crippen LogP contribution in [0.3, 0.4) is 0 Å². The molecule has 3 nitrogen and oxygen atoms in total. The first kappa shape index (κ1) is 13.8. The third-order valence-corrected chi connectivity index (χ3v) is 3.07. The van der Waals surface area contributed by atoms with E-state index < -0.39 is 18.3 Å². The molecule has 102 valence electrons. The lowest BCUT2D eigenvalue weighted by Gasteiger charge is -2.29. The number of hydrogen-bond acceptors (Lipinski definition) is 3. The van der Waals surface area contributed by atoms with Crippen molar-refractivity contribution in [1.82, 2.24) is 4.98 Å². The van der Waals surface area contributed by atoms with Crippen LogP contribution in [0, 0.1) is 6.92 Å². The summed E-state index contributed by atoms with van der Waals surface area (Å²) in [5.41, 5.74) is 3.14. The first-order chi connectivity index (χ1) is 8.78. The van der Waals surface area contributed by atoms with Gasteiger partial charge in [-0.3, -0.25) is 4.98 Å². The first-order valence-corrected chi connectivity index (χ1v) is 5.65. The standard InChI is InChI=1S/C13H13F3N2O/c1-8-2-3-9-6-10(4-5-11(9)18-8)12(19,7-17)13(14,15)16/h2-6,19H,7,17H2,1H3. The highest BCUT2D eigenvalue weighted by atomic mass is 19.4. The number of benzene rings is 1. The zero-order valence-corrected chi connectivity index (χ0v) is 10.2. The van der Waals surface area contributed by atoms with Crippen molar-refractivity contribution in [2.75, 3.05) is 6.54 Å². The van der Waals surface area contributed by atoms with Crippen molar-refractivity contribution in [3.8, 4) is 0 Å². The van der Waals surface area contributed by atoms with Crippen LogP contribution < -0.4 is 5.73 Å². The van der Waals surface area contributed by atoms with Crippen LogP contribution >= 0.6 is 0 Å². The van der Waals surface area contributed by atoms with Crippen molar-refractivity contribution in [2.24, 2.45) is 5.73 Å². The minimum Gasteiger partial charge on any atom is -0.375 e. The lowest BCUT2D eigenvalue weighted by molar-refractivity contribution is -0.262. The Morgan fingerprint density at radius 2 is 1.89 bits per heavy atom. The van der Waals surface area contributed by atoms with Crippen molar-refractivity contribution in [1.29, 1.82) is 0 Å². The summed E-state index contributed by atoms with van der Waals surface area (Å²) >= 11 is 0. The van der Waals surface area contributed by atoms with Crippen molar-refractivity contribution in [3.05, 3.63) is 41.6 Å². The molecule has 1 heterocycles. The summed E-state index contributed by atoms with van der Waals surface area (Å²) in [6, 6.07) is 7.27. The third-order valence-electron chi connectivity index (χ3n) is 3.07. The predicted molar refractivity (Wildman–Crippen MR) is 65.5 cm³/mol. The fraction of sp³-hybridized carbons (Fsp3) is 0.308. The molecule has 1 aromatic carbocycles. The van der Waals surface area contributed by atoms with Crippen LogP contribution in [0.4, 0.5) is 13.2 Å². The molecular weight excluding hydrogens is 257 g/mol. The average Bonchev–Trinajstić information content (AvgIpc) is 2.35. The molecular formula is C13H13F3N2O. The molecule has 0 bridgehead atoms. The van der Waals surface area contributed by atoms with E-state index in [2.05, 4.69) is 4.98 Å². The highest BCUT2D eigenvalue weighted by Gasteiger charge is 2.54. The van der Waals surface area contributed by atoms with E-state index in [0.29, 0.717) is 10.9 Å². The number of aryl methyl sites for hydroxylation is 1. The molecule has 0 aliphatic rings. The van der Waals surface area contributed by atoms with Crippen molar-refractivity contribution in [2.45, 2.75) is 18.7 Å². The second-order valence-corrected chi connectivity index (χ2v) is 4.42. The summed E-state index contributed by atoms with van der Waals surface area (Å²) < 4.78 is 38.7. The number of fused-ring (bicyclic) bond motifs is 1. The summed E-state index contributed by atoms with van der Waals surface area (Å²) in [4.78, 5) is 4.19. The lowest BCUT2D eigenvalue weighted by Crippen LogP contribution is -2.48. The molecule has 3 N–H and O–H groups in total. The number of aromatic nitrogens is 1. The normalized spacial score (nSPS) is 15.5.